The number of benzene rings is 1. The fourth-order valence-electron chi connectivity index (χ4n) is 1.89. The van der Waals surface area contributed by atoms with Gasteiger partial charge in [0, 0.05) is 18.0 Å². The summed E-state index contributed by atoms with van der Waals surface area (Å²) in [5, 5.41) is 1.06. The molecule has 5 heteroatoms. The minimum Gasteiger partial charge on any atom is -0.378 e. The van der Waals surface area contributed by atoms with E-state index >= 15 is 0 Å². The first kappa shape index (κ1) is 10.4. The maximum absolute atomic E-state index is 5.57. The smallest absolute Gasteiger partial charge is 0.173 e. The zero-order valence-corrected chi connectivity index (χ0v) is 10.4. The zero-order valence-electron chi connectivity index (χ0n) is 8.76. The standard InChI is InChI=1S/C11H12N2OS2/c15-16-10-4-2-1-3-9(10)12-11(16)13-5-7-14-8-6-13/h1-4H,5-8H2. The third-order valence-corrected chi connectivity index (χ3v) is 5.14. The van der Waals surface area contributed by atoms with Crippen molar-refractivity contribution in [2.45, 2.75) is 4.90 Å². The minimum absolute atomic E-state index is 0.279. The summed E-state index contributed by atoms with van der Waals surface area (Å²) in [5.41, 5.74) is 1.04. The lowest BCUT2D eigenvalue weighted by Crippen LogP contribution is -2.41. The molecule has 0 aromatic heterocycles. The van der Waals surface area contributed by atoms with E-state index in [1.807, 2.05) is 18.2 Å². The number of aliphatic imine (C=N–C) groups is 1. The first-order valence-electron chi connectivity index (χ1n) is 5.28. The molecule has 1 aromatic rings. The number of amidine groups is 1. The number of para-hydroxylation sites is 1. The van der Waals surface area contributed by atoms with E-state index in [0.29, 0.717) is 0 Å². The second-order valence-electron chi connectivity index (χ2n) is 3.73. The van der Waals surface area contributed by atoms with Crippen LogP contribution in [0.5, 0.6) is 0 Å². The van der Waals surface area contributed by atoms with E-state index in [1.54, 1.807) is 0 Å². The molecule has 0 saturated carbocycles. The maximum Gasteiger partial charge on any atom is 0.173 e. The van der Waals surface area contributed by atoms with Gasteiger partial charge >= 0.3 is 0 Å². The van der Waals surface area contributed by atoms with E-state index in [4.69, 9.17) is 15.9 Å². The van der Waals surface area contributed by atoms with Crippen molar-refractivity contribution in [1.29, 1.82) is 0 Å². The molecular weight excluding hydrogens is 240 g/mol. The van der Waals surface area contributed by atoms with Crippen molar-refractivity contribution in [2.24, 2.45) is 4.99 Å². The van der Waals surface area contributed by atoms with Crippen LogP contribution in [0, 0.1) is 0 Å². The number of ether oxygens (including phenoxy) is 1. The molecule has 0 radical (unpaired) electrons. The van der Waals surface area contributed by atoms with Gasteiger partial charge in [-0.3, -0.25) is 0 Å². The molecule has 84 valence electrons. The average Bonchev–Trinajstić information content (AvgIpc) is 2.69. The number of nitrogens with zero attached hydrogens (tertiary/aromatic N) is 2. The monoisotopic (exact) mass is 252 g/mol. The molecule has 1 atom stereocenters. The lowest BCUT2D eigenvalue weighted by molar-refractivity contribution is 0.0694. The van der Waals surface area contributed by atoms with E-state index in [1.165, 1.54) is 4.90 Å². The van der Waals surface area contributed by atoms with Crippen LogP contribution in [0.2, 0.25) is 0 Å². The van der Waals surface area contributed by atoms with Gasteiger partial charge in [0.05, 0.1) is 18.9 Å². The number of hydrogen-bond donors (Lipinski definition) is 0. The van der Waals surface area contributed by atoms with Crippen LogP contribution in [0.1, 0.15) is 0 Å². The number of morpholine rings is 1. The van der Waals surface area contributed by atoms with Crippen LogP contribution < -0.4 is 0 Å². The quantitative estimate of drug-likeness (QED) is 0.699. The Kier molecular flexibility index (Phi) is 2.75. The van der Waals surface area contributed by atoms with Gasteiger partial charge in [0.25, 0.3) is 0 Å². The molecule has 3 rings (SSSR count). The van der Waals surface area contributed by atoms with Crippen LogP contribution in [-0.4, -0.2) is 36.4 Å². The van der Waals surface area contributed by atoms with Crippen LogP contribution in [-0.2, 0) is 25.4 Å². The maximum atomic E-state index is 5.57. The zero-order chi connectivity index (χ0) is 11.0. The van der Waals surface area contributed by atoms with Crippen molar-refractivity contribution < 1.29 is 4.74 Å². The van der Waals surface area contributed by atoms with Gasteiger partial charge in [-0.05, 0) is 32.8 Å². The lowest BCUT2D eigenvalue weighted by atomic mass is 10.3. The van der Waals surface area contributed by atoms with Gasteiger partial charge in [0.15, 0.2) is 5.17 Å². The van der Waals surface area contributed by atoms with Gasteiger partial charge in [0.1, 0.15) is 0 Å². The van der Waals surface area contributed by atoms with Crippen molar-refractivity contribution in [3.63, 3.8) is 0 Å². The van der Waals surface area contributed by atoms with Gasteiger partial charge in [-0.25, -0.2) is 4.99 Å². The first-order valence-corrected chi connectivity index (χ1v) is 7.43. The van der Waals surface area contributed by atoms with Crippen LogP contribution >= 0.6 is 0 Å². The summed E-state index contributed by atoms with van der Waals surface area (Å²) in [6, 6.07) is 8.16. The second kappa shape index (κ2) is 4.24. The Hall–Kier alpha value is -0.780. The fourth-order valence-corrected chi connectivity index (χ4v) is 4.04. The molecule has 1 unspecified atom stereocenters. The lowest BCUT2D eigenvalue weighted by Gasteiger charge is -2.28. The van der Waals surface area contributed by atoms with Crippen molar-refractivity contribution in [3.05, 3.63) is 24.3 Å². The summed E-state index contributed by atoms with van der Waals surface area (Å²) < 4.78 is 5.34. The van der Waals surface area contributed by atoms with Crippen molar-refractivity contribution in [2.75, 3.05) is 26.3 Å². The van der Waals surface area contributed by atoms with E-state index in [0.717, 1.165) is 37.2 Å². The first-order chi connectivity index (χ1) is 7.86. The summed E-state index contributed by atoms with van der Waals surface area (Å²) in [6.07, 6.45) is 0. The molecule has 0 N–H and O–H groups in total. The summed E-state index contributed by atoms with van der Waals surface area (Å²) in [6.45, 7) is 3.38. The second-order valence-corrected chi connectivity index (χ2v) is 6.07. The van der Waals surface area contributed by atoms with E-state index in [9.17, 15) is 0 Å². The van der Waals surface area contributed by atoms with E-state index in [2.05, 4.69) is 16.0 Å². The Morgan fingerprint density at radius 2 is 2.00 bits per heavy atom. The largest absolute Gasteiger partial charge is 0.378 e. The Morgan fingerprint density at radius 3 is 2.75 bits per heavy atom. The van der Waals surface area contributed by atoms with Crippen molar-refractivity contribution >= 4 is 31.5 Å². The SMILES string of the molecule is S=S1C(N2CCOCC2)=Nc2ccccc21. The van der Waals surface area contributed by atoms with Gasteiger partial charge in [-0.15, -0.1) is 0 Å². The molecule has 3 nitrogen and oxygen atoms in total. The summed E-state index contributed by atoms with van der Waals surface area (Å²) >= 11 is 5.57. The Bertz CT molecular complexity index is 467. The van der Waals surface area contributed by atoms with Crippen LogP contribution in [0.3, 0.4) is 0 Å². The molecule has 1 fully saturated rings. The molecule has 16 heavy (non-hydrogen) atoms. The molecule has 2 aliphatic heterocycles. The Balaban J connectivity index is 1.92. The molecule has 1 saturated heterocycles. The van der Waals surface area contributed by atoms with E-state index < -0.39 is 0 Å². The summed E-state index contributed by atoms with van der Waals surface area (Å²) in [4.78, 5) is 8.11. The molecule has 2 heterocycles. The predicted octanol–water partition coefficient (Wildman–Crippen LogP) is 1.46. The highest BCUT2D eigenvalue weighted by Crippen LogP contribution is 2.31. The van der Waals surface area contributed by atoms with Gasteiger partial charge in [-0.1, -0.05) is 12.1 Å². The minimum atomic E-state index is -0.279. The number of fused-ring (bicyclic) bond motifs is 1. The highest BCUT2D eigenvalue weighted by Gasteiger charge is 2.25. The Morgan fingerprint density at radius 1 is 1.25 bits per heavy atom. The fraction of sp³-hybridized carbons (Fsp3) is 0.364. The van der Waals surface area contributed by atoms with Crippen LogP contribution in [0.15, 0.2) is 34.2 Å². The van der Waals surface area contributed by atoms with Crippen molar-refractivity contribution in [3.8, 4) is 0 Å². The molecular formula is C11H12N2OS2. The van der Waals surface area contributed by atoms with Gasteiger partial charge < -0.3 is 9.64 Å². The molecule has 0 bridgehead atoms. The third kappa shape index (κ3) is 1.69. The highest BCUT2D eigenvalue weighted by atomic mass is 32.8. The number of rotatable bonds is 0. The normalized spacial score (nSPS) is 24.1. The molecule has 0 aliphatic carbocycles. The summed E-state index contributed by atoms with van der Waals surface area (Å²) in [7, 11) is -0.279. The number of hydrogen-bond acceptors (Lipinski definition) is 4. The van der Waals surface area contributed by atoms with Gasteiger partial charge in [0.2, 0.25) is 0 Å². The predicted molar refractivity (Wildman–Crippen MR) is 68.9 cm³/mol. The van der Waals surface area contributed by atoms with Gasteiger partial charge in [-0.2, -0.15) is 0 Å². The highest BCUT2D eigenvalue weighted by molar-refractivity contribution is 8.37. The van der Waals surface area contributed by atoms with Crippen molar-refractivity contribution in [1.82, 2.24) is 4.90 Å². The molecule has 1 aromatic carbocycles. The Labute approximate surface area is 102 Å². The third-order valence-electron chi connectivity index (χ3n) is 2.73. The topological polar surface area (TPSA) is 24.8 Å². The summed E-state index contributed by atoms with van der Waals surface area (Å²) in [5.74, 6) is 0. The molecule has 0 amide bonds. The van der Waals surface area contributed by atoms with Crippen LogP contribution in [0.4, 0.5) is 5.69 Å². The molecule has 2 aliphatic rings. The average molecular weight is 252 g/mol. The van der Waals surface area contributed by atoms with E-state index in [-0.39, 0.29) is 9.45 Å². The molecule has 0 spiro atoms. The van der Waals surface area contributed by atoms with Crippen LogP contribution in [0.25, 0.3) is 0 Å².